The molecule has 0 fully saturated rings. The number of halogens is 3. The van der Waals surface area contributed by atoms with Gasteiger partial charge in [-0.2, -0.15) is 0 Å². The molecular formula is C8H8F3NO2. The van der Waals surface area contributed by atoms with E-state index in [2.05, 4.69) is 5.32 Å². The molecule has 1 aliphatic rings. The minimum Gasteiger partial charge on any atom is -0.288 e. The van der Waals surface area contributed by atoms with Crippen LogP contribution in [0.25, 0.3) is 0 Å². The van der Waals surface area contributed by atoms with Crippen molar-refractivity contribution in [2.45, 2.75) is 0 Å². The molecule has 0 radical (unpaired) electrons. The zero-order valence-corrected chi connectivity index (χ0v) is 6.85. The van der Waals surface area contributed by atoms with Gasteiger partial charge in [0.15, 0.2) is 0 Å². The molecule has 1 aromatic carbocycles. The van der Waals surface area contributed by atoms with E-state index in [0.717, 1.165) is 0 Å². The van der Waals surface area contributed by atoms with Crippen LogP contribution in [0, 0.1) is 0 Å². The highest BCUT2D eigenvalue weighted by Gasteiger charge is 2.25. The lowest BCUT2D eigenvalue weighted by atomic mass is 10.1. The van der Waals surface area contributed by atoms with E-state index in [1.165, 1.54) is 0 Å². The Labute approximate surface area is 77.2 Å². The third-order valence-electron chi connectivity index (χ3n) is 1.64. The van der Waals surface area contributed by atoms with Crippen LogP contribution in [-0.2, 0) is 0 Å². The first kappa shape index (κ1) is 14.7. The monoisotopic (exact) mass is 207 g/mol. The molecule has 0 bridgehead atoms. The van der Waals surface area contributed by atoms with Gasteiger partial charge in [0.1, 0.15) is 0 Å². The topological polar surface area (TPSA) is 46.2 Å². The highest BCUT2D eigenvalue weighted by atomic mass is 19.0. The molecule has 0 aromatic heterocycles. The van der Waals surface area contributed by atoms with E-state index in [0.29, 0.717) is 11.1 Å². The fourth-order valence-corrected chi connectivity index (χ4v) is 1.12. The molecular weight excluding hydrogens is 199 g/mol. The molecule has 2 amide bonds. The van der Waals surface area contributed by atoms with Gasteiger partial charge in [-0.15, -0.1) is 0 Å². The second-order valence-electron chi connectivity index (χ2n) is 2.33. The van der Waals surface area contributed by atoms with E-state index in [4.69, 9.17) is 0 Å². The lowest BCUT2D eigenvalue weighted by Crippen LogP contribution is -2.19. The van der Waals surface area contributed by atoms with Crippen LogP contribution in [-0.4, -0.2) is 11.8 Å². The van der Waals surface area contributed by atoms with Crippen LogP contribution in [0.4, 0.5) is 14.1 Å². The fourth-order valence-electron chi connectivity index (χ4n) is 1.12. The van der Waals surface area contributed by atoms with Gasteiger partial charge in [0.05, 0.1) is 11.1 Å². The number of amides is 2. The summed E-state index contributed by atoms with van der Waals surface area (Å²) in [5.74, 6) is -0.601. The number of rotatable bonds is 0. The van der Waals surface area contributed by atoms with Crippen molar-refractivity contribution in [1.82, 2.24) is 5.32 Å². The van der Waals surface area contributed by atoms with Gasteiger partial charge in [-0.1, -0.05) is 12.1 Å². The normalized spacial score (nSPS) is 11.4. The first-order valence-electron chi connectivity index (χ1n) is 3.24. The Hall–Kier alpha value is -1.85. The largest absolute Gasteiger partial charge is 0.288 e. The number of benzene rings is 1. The summed E-state index contributed by atoms with van der Waals surface area (Å²) in [5.41, 5.74) is 0.940. The van der Waals surface area contributed by atoms with Gasteiger partial charge in [0.2, 0.25) is 0 Å². The third kappa shape index (κ3) is 1.90. The lowest BCUT2D eigenvalue weighted by molar-refractivity contribution is 0.0879. The Morgan fingerprint density at radius 1 is 0.786 bits per heavy atom. The minimum atomic E-state index is -0.300. The Morgan fingerprint density at radius 2 is 1.14 bits per heavy atom. The van der Waals surface area contributed by atoms with Gasteiger partial charge in [-0.25, -0.2) is 0 Å². The summed E-state index contributed by atoms with van der Waals surface area (Å²) in [6.07, 6.45) is 0. The Morgan fingerprint density at radius 3 is 1.50 bits per heavy atom. The Bertz CT molecular complexity index is 321. The SMILES string of the molecule is F.F.F.O=C1NC(=O)c2ccccc21. The summed E-state index contributed by atoms with van der Waals surface area (Å²) in [4.78, 5) is 21.9. The predicted molar refractivity (Wildman–Crippen MR) is 45.7 cm³/mol. The number of hydrogen-bond donors (Lipinski definition) is 1. The van der Waals surface area contributed by atoms with Gasteiger partial charge < -0.3 is 0 Å². The number of fused-ring (bicyclic) bond motifs is 1. The molecule has 0 spiro atoms. The molecule has 0 aliphatic carbocycles. The van der Waals surface area contributed by atoms with E-state index >= 15 is 0 Å². The highest BCUT2D eigenvalue weighted by Crippen LogP contribution is 2.13. The lowest BCUT2D eigenvalue weighted by Gasteiger charge is -1.88. The minimum absolute atomic E-state index is 0. The maximum Gasteiger partial charge on any atom is 0.258 e. The summed E-state index contributed by atoms with van der Waals surface area (Å²) in [6.45, 7) is 0. The number of carbonyl (C=O) groups excluding carboxylic acids is 2. The van der Waals surface area contributed by atoms with Crippen molar-refractivity contribution in [2.75, 3.05) is 0 Å². The molecule has 1 aromatic rings. The number of carbonyl (C=O) groups is 2. The van der Waals surface area contributed by atoms with Crippen molar-refractivity contribution in [1.29, 1.82) is 0 Å². The molecule has 1 N–H and O–H groups in total. The summed E-state index contributed by atoms with van der Waals surface area (Å²) in [5, 5.41) is 2.20. The van der Waals surface area contributed by atoms with E-state index in [1.54, 1.807) is 24.3 Å². The molecule has 14 heavy (non-hydrogen) atoms. The van der Waals surface area contributed by atoms with E-state index in [-0.39, 0.29) is 25.9 Å². The van der Waals surface area contributed by atoms with Gasteiger partial charge in [0.25, 0.3) is 11.8 Å². The van der Waals surface area contributed by atoms with Crippen molar-refractivity contribution in [2.24, 2.45) is 0 Å². The fraction of sp³-hybridized carbons (Fsp3) is 0. The van der Waals surface area contributed by atoms with Crippen molar-refractivity contribution in [3.05, 3.63) is 35.4 Å². The molecule has 1 heterocycles. The van der Waals surface area contributed by atoms with Gasteiger partial charge >= 0.3 is 0 Å². The molecule has 78 valence electrons. The predicted octanol–water partition coefficient (Wildman–Crippen LogP) is 1.03. The standard InChI is InChI=1S/C8H5NO2.3FH/c10-7-5-3-1-2-4-6(5)8(11)9-7;;;/h1-4H,(H,9,10,11);3*1H. The van der Waals surface area contributed by atoms with E-state index in [9.17, 15) is 9.59 Å². The van der Waals surface area contributed by atoms with Crippen LogP contribution in [0.3, 0.4) is 0 Å². The summed E-state index contributed by atoms with van der Waals surface area (Å²) in [6, 6.07) is 6.74. The van der Waals surface area contributed by atoms with Crippen molar-refractivity contribution < 1.29 is 23.7 Å². The first-order valence-corrected chi connectivity index (χ1v) is 3.24. The second kappa shape index (κ2) is 5.00. The van der Waals surface area contributed by atoms with E-state index < -0.39 is 0 Å². The summed E-state index contributed by atoms with van der Waals surface area (Å²) in [7, 11) is 0. The highest BCUT2D eigenvalue weighted by molar-refractivity contribution is 6.21. The molecule has 0 saturated carbocycles. The quantitative estimate of drug-likeness (QED) is 0.646. The second-order valence-corrected chi connectivity index (χ2v) is 2.33. The van der Waals surface area contributed by atoms with Gasteiger partial charge in [-0.3, -0.25) is 29.0 Å². The van der Waals surface area contributed by atoms with Crippen molar-refractivity contribution in [3.63, 3.8) is 0 Å². The molecule has 3 nitrogen and oxygen atoms in total. The maximum atomic E-state index is 10.9. The van der Waals surface area contributed by atoms with Gasteiger partial charge in [-0.05, 0) is 12.1 Å². The number of nitrogens with one attached hydrogen (secondary N) is 1. The average Bonchev–Trinajstić information content (AvgIpc) is 2.30. The first-order chi connectivity index (χ1) is 5.29. The molecule has 0 saturated heterocycles. The zero-order valence-electron chi connectivity index (χ0n) is 6.85. The number of imide groups is 1. The van der Waals surface area contributed by atoms with Crippen molar-refractivity contribution >= 4 is 11.8 Å². The van der Waals surface area contributed by atoms with Crippen molar-refractivity contribution in [3.8, 4) is 0 Å². The maximum absolute atomic E-state index is 10.9. The third-order valence-corrected chi connectivity index (χ3v) is 1.64. The van der Waals surface area contributed by atoms with Crippen LogP contribution in [0.2, 0.25) is 0 Å². The van der Waals surface area contributed by atoms with Crippen LogP contribution < -0.4 is 5.32 Å². The number of hydrogen-bond acceptors (Lipinski definition) is 2. The summed E-state index contributed by atoms with van der Waals surface area (Å²) < 4.78 is 0. The van der Waals surface area contributed by atoms with Gasteiger partial charge in [0, 0.05) is 0 Å². The van der Waals surface area contributed by atoms with Crippen LogP contribution in [0.15, 0.2) is 24.3 Å². The Balaban J connectivity index is 0. The summed E-state index contributed by atoms with van der Waals surface area (Å²) >= 11 is 0. The van der Waals surface area contributed by atoms with Crippen LogP contribution >= 0.6 is 0 Å². The molecule has 1 aliphatic heterocycles. The molecule has 6 heteroatoms. The van der Waals surface area contributed by atoms with Crippen LogP contribution in [0.5, 0.6) is 0 Å². The Kier molecular flexibility index (Phi) is 5.24. The van der Waals surface area contributed by atoms with E-state index in [1.807, 2.05) is 0 Å². The molecule has 0 atom stereocenters. The zero-order chi connectivity index (χ0) is 7.84. The molecule has 0 unspecified atom stereocenters. The average molecular weight is 207 g/mol. The van der Waals surface area contributed by atoms with Crippen LogP contribution in [0.1, 0.15) is 20.7 Å². The molecule has 2 rings (SSSR count). The smallest absolute Gasteiger partial charge is 0.258 e.